The van der Waals surface area contributed by atoms with Crippen LogP contribution < -0.4 is 5.32 Å². The molecule has 0 aliphatic carbocycles. The molecule has 2 rings (SSSR count). The highest BCUT2D eigenvalue weighted by molar-refractivity contribution is 6.02. The number of pyridine rings is 1. The van der Waals surface area contributed by atoms with Crippen LogP contribution in [0.25, 0.3) is 11.3 Å². The van der Waals surface area contributed by atoms with Crippen molar-refractivity contribution in [1.82, 2.24) is 4.98 Å². The highest BCUT2D eigenvalue weighted by atomic mass is 16.4. The minimum absolute atomic E-state index is 0.0428. The first-order valence-corrected chi connectivity index (χ1v) is 7.57. The molecule has 0 bridgehead atoms. The molecular weight excluding hydrogens is 292 g/mol. The summed E-state index contributed by atoms with van der Waals surface area (Å²) in [6.07, 6.45) is 0. The Hall–Kier alpha value is -2.69. The van der Waals surface area contributed by atoms with Crippen molar-refractivity contribution >= 4 is 17.6 Å². The fourth-order valence-electron chi connectivity index (χ4n) is 2.22. The summed E-state index contributed by atoms with van der Waals surface area (Å²) in [5.74, 6) is -0.460. The van der Waals surface area contributed by atoms with E-state index >= 15 is 0 Å². The number of hydrogen-bond acceptors (Lipinski definition) is 4. The van der Waals surface area contributed by atoms with Crippen molar-refractivity contribution in [3.05, 3.63) is 47.5 Å². The number of anilines is 1. The Morgan fingerprint density at radius 2 is 1.78 bits per heavy atom. The SMILES string of the molecule is CCNc1nc(-c2ccc(C(=O)O)cc2)ccc1C(=O)C(C)C. The molecule has 0 saturated carbocycles. The van der Waals surface area contributed by atoms with Gasteiger partial charge in [0.05, 0.1) is 16.8 Å². The van der Waals surface area contributed by atoms with Gasteiger partial charge >= 0.3 is 5.97 Å². The largest absolute Gasteiger partial charge is 0.478 e. The highest BCUT2D eigenvalue weighted by Gasteiger charge is 2.17. The third-order valence-corrected chi connectivity index (χ3v) is 3.46. The lowest BCUT2D eigenvalue weighted by Gasteiger charge is -2.13. The fraction of sp³-hybridized carbons (Fsp3) is 0.278. The smallest absolute Gasteiger partial charge is 0.335 e. The lowest BCUT2D eigenvalue weighted by Crippen LogP contribution is -2.13. The first-order valence-electron chi connectivity index (χ1n) is 7.57. The Labute approximate surface area is 135 Å². The van der Waals surface area contributed by atoms with Crippen LogP contribution in [0.5, 0.6) is 0 Å². The minimum atomic E-state index is -0.962. The molecule has 1 heterocycles. The minimum Gasteiger partial charge on any atom is -0.478 e. The topological polar surface area (TPSA) is 79.3 Å². The number of hydrogen-bond donors (Lipinski definition) is 2. The number of carbonyl (C=O) groups excluding carboxylic acids is 1. The molecule has 0 unspecified atom stereocenters. The van der Waals surface area contributed by atoms with Gasteiger partial charge in [-0.15, -0.1) is 0 Å². The van der Waals surface area contributed by atoms with Crippen molar-refractivity contribution in [2.75, 3.05) is 11.9 Å². The van der Waals surface area contributed by atoms with E-state index < -0.39 is 5.97 Å². The van der Waals surface area contributed by atoms with Crippen LogP contribution in [0.15, 0.2) is 36.4 Å². The van der Waals surface area contributed by atoms with Crippen molar-refractivity contribution in [2.45, 2.75) is 20.8 Å². The van der Waals surface area contributed by atoms with Crippen LogP contribution in [0.2, 0.25) is 0 Å². The number of Topliss-reactive ketones (excluding diaryl/α,β-unsaturated/α-hetero) is 1. The van der Waals surface area contributed by atoms with Crippen LogP contribution >= 0.6 is 0 Å². The monoisotopic (exact) mass is 312 g/mol. The maximum atomic E-state index is 12.3. The van der Waals surface area contributed by atoms with E-state index in [1.54, 1.807) is 36.4 Å². The van der Waals surface area contributed by atoms with Gasteiger partial charge in [-0.25, -0.2) is 9.78 Å². The van der Waals surface area contributed by atoms with Gasteiger partial charge in [0.25, 0.3) is 0 Å². The molecule has 1 aromatic heterocycles. The normalized spacial score (nSPS) is 10.6. The molecule has 0 spiro atoms. The van der Waals surface area contributed by atoms with Crippen molar-refractivity contribution in [1.29, 1.82) is 0 Å². The van der Waals surface area contributed by atoms with Gasteiger partial charge in [-0.1, -0.05) is 26.0 Å². The van der Waals surface area contributed by atoms with Gasteiger partial charge in [0.2, 0.25) is 0 Å². The summed E-state index contributed by atoms with van der Waals surface area (Å²) in [5.41, 5.74) is 2.30. The first-order chi connectivity index (χ1) is 10.9. The molecule has 5 heteroatoms. The number of nitrogens with one attached hydrogen (secondary N) is 1. The van der Waals surface area contributed by atoms with Crippen molar-refractivity contribution in [3.8, 4) is 11.3 Å². The van der Waals surface area contributed by atoms with Gasteiger partial charge in [-0.3, -0.25) is 4.79 Å². The summed E-state index contributed by atoms with van der Waals surface area (Å²) < 4.78 is 0. The molecule has 0 aliphatic rings. The first kappa shape index (κ1) is 16.7. The summed E-state index contributed by atoms with van der Waals surface area (Å²) >= 11 is 0. The standard InChI is InChI=1S/C18H20N2O3/c1-4-19-17-14(16(21)11(2)3)9-10-15(20-17)12-5-7-13(8-6-12)18(22)23/h5-11H,4H2,1-3H3,(H,19,20)(H,22,23). The number of ketones is 1. The van der Waals surface area contributed by atoms with Crippen LogP contribution in [0.1, 0.15) is 41.5 Å². The number of carbonyl (C=O) groups is 2. The number of rotatable bonds is 6. The molecule has 0 atom stereocenters. The van der Waals surface area contributed by atoms with Crippen LogP contribution in [0.3, 0.4) is 0 Å². The van der Waals surface area contributed by atoms with E-state index in [-0.39, 0.29) is 17.3 Å². The van der Waals surface area contributed by atoms with Crippen molar-refractivity contribution < 1.29 is 14.7 Å². The number of benzene rings is 1. The lowest BCUT2D eigenvalue weighted by atomic mass is 10.0. The zero-order chi connectivity index (χ0) is 17.0. The fourth-order valence-corrected chi connectivity index (χ4v) is 2.22. The van der Waals surface area contributed by atoms with Crippen molar-refractivity contribution in [2.24, 2.45) is 5.92 Å². The second-order valence-electron chi connectivity index (χ2n) is 5.52. The second-order valence-corrected chi connectivity index (χ2v) is 5.52. The van der Waals surface area contributed by atoms with Crippen molar-refractivity contribution in [3.63, 3.8) is 0 Å². The molecule has 2 aromatic rings. The van der Waals surface area contributed by atoms with Crippen LogP contribution in [-0.2, 0) is 0 Å². The zero-order valence-electron chi connectivity index (χ0n) is 13.5. The molecule has 0 saturated heterocycles. The zero-order valence-corrected chi connectivity index (χ0v) is 13.5. The molecule has 2 N–H and O–H groups in total. The van der Waals surface area contributed by atoms with E-state index in [4.69, 9.17) is 5.11 Å². The molecule has 5 nitrogen and oxygen atoms in total. The molecule has 23 heavy (non-hydrogen) atoms. The van der Waals surface area contributed by atoms with Gasteiger partial charge in [-0.05, 0) is 31.2 Å². The maximum Gasteiger partial charge on any atom is 0.335 e. The quantitative estimate of drug-likeness (QED) is 0.795. The van der Waals surface area contributed by atoms with Gasteiger partial charge in [0.15, 0.2) is 5.78 Å². The lowest BCUT2D eigenvalue weighted by molar-refractivity contribution is 0.0696. The number of aromatic nitrogens is 1. The summed E-state index contributed by atoms with van der Waals surface area (Å²) in [5, 5.41) is 12.1. The molecule has 0 aliphatic heterocycles. The van der Waals surface area contributed by atoms with Crippen LogP contribution in [-0.4, -0.2) is 28.4 Å². The van der Waals surface area contributed by atoms with E-state index in [0.717, 1.165) is 5.56 Å². The summed E-state index contributed by atoms with van der Waals surface area (Å²) in [7, 11) is 0. The molecule has 0 amide bonds. The van der Waals surface area contributed by atoms with E-state index in [2.05, 4.69) is 10.3 Å². The van der Waals surface area contributed by atoms with Crippen LogP contribution in [0, 0.1) is 5.92 Å². The summed E-state index contributed by atoms with van der Waals surface area (Å²) in [4.78, 5) is 27.7. The number of carboxylic acid groups (broad SMARTS) is 1. The predicted molar refractivity (Wildman–Crippen MR) is 90.0 cm³/mol. The average Bonchev–Trinajstić information content (AvgIpc) is 2.54. The maximum absolute atomic E-state index is 12.3. The Morgan fingerprint density at radius 3 is 2.30 bits per heavy atom. The molecule has 120 valence electrons. The van der Waals surface area contributed by atoms with Crippen LogP contribution in [0.4, 0.5) is 5.82 Å². The third kappa shape index (κ3) is 3.74. The average molecular weight is 312 g/mol. The number of nitrogens with zero attached hydrogens (tertiary/aromatic N) is 1. The molecule has 1 aromatic carbocycles. The number of carboxylic acids is 1. The van der Waals surface area contributed by atoms with Gasteiger partial charge in [0.1, 0.15) is 5.82 Å². The van der Waals surface area contributed by atoms with E-state index in [9.17, 15) is 9.59 Å². The molecule has 0 radical (unpaired) electrons. The summed E-state index contributed by atoms with van der Waals surface area (Å²) in [6.45, 7) is 6.32. The number of aromatic carboxylic acids is 1. The Bertz CT molecular complexity index is 722. The van der Waals surface area contributed by atoms with E-state index in [0.29, 0.717) is 23.6 Å². The Kier molecular flexibility index (Phi) is 5.11. The van der Waals surface area contributed by atoms with Gasteiger partial charge in [0, 0.05) is 18.0 Å². The third-order valence-electron chi connectivity index (χ3n) is 3.46. The summed E-state index contributed by atoms with van der Waals surface area (Å²) in [6, 6.07) is 10.1. The van der Waals surface area contributed by atoms with E-state index in [1.807, 2.05) is 20.8 Å². The van der Waals surface area contributed by atoms with E-state index in [1.165, 1.54) is 0 Å². The Morgan fingerprint density at radius 1 is 1.13 bits per heavy atom. The van der Waals surface area contributed by atoms with Gasteiger partial charge < -0.3 is 10.4 Å². The molecular formula is C18H20N2O3. The highest BCUT2D eigenvalue weighted by Crippen LogP contribution is 2.24. The second kappa shape index (κ2) is 7.05. The Balaban J connectivity index is 2.42. The van der Waals surface area contributed by atoms with Gasteiger partial charge in [-0.2, -0.15) is 0 Å². The molecule has 0 fully saturated rings. The predicted octanol–water partition coefficient (Wildman–Crippen LogP) is 3.72.